The number of halogens is 3. The van der Waals surface area contributed by atoms with Crippen molar-refractivity contribution < 1.29 is 31.2 Å². The Labute approximate surface area is 179 Å². The standard InChI is InChI=1S/C19H27F3N4O4S/c20-19(21,22)13-24-31(29,30)16-10-8-15(9-11-16)25-17(27)7-4-12-23-18(28)26-14-5-2-1-3-6-14/h8-11,14,24H,1-7,12-13H2,(H,25,27)(H2,23,26,28). The summed E-state index contributed by atoms with van der Waals surface area (Å²) < 4.78 is 61.7. The number of alkyl halides is 3. The van der Waals surface area contributed by atoms with Crippen LogP contribution in [0.5, 0.6) is 0 Å². The summed E-state index contributed by atoms with van der Waals surface area (Å²) >= 11 is 0. The Morgan fingerprint density at radius 3 is 2.29 bits per heavy atom. The van der Waals surface area contributed by atoms with E-state index in [2.05, 4.69) is 16.0 Å². The fraction of sp³-hybridized carbons (Fsp3) is 0.579. The molecule has 0 radical (unpaired) electrons. The first-order valence-corrected chi connectivity index (χ1v) is 11.5. The van der Waals surface area contributed by atoms with Crippen LogP contribution in [0.3, 0.4) is 0 Å². The molecule has 0 unspecified atom stereocenters. The summed E-state index contributed by atoms with van der Waals surface area (Å²) in [5.41, 5.74) is 0.308. The molecule has 3 amide bonds. The second-order valence-corrected chi connectivity index (χ2v) is 9.12. The van der Waals surface area contributed by atoms with E-state index < -0.39 is 22.7 Å². The molecule has 2 rings (SSSR count). The molecular formula is C19H27F3N4O4S. The second kappa shape index (κ2) is 11.3. The average Bonchev–Trinajstić information content (AvgIpc) is 2.70. The second-order valence-electron chi connectivity index (χ2n) is 7.35. The molecule has 8 nitrogen and oxygen atoms in total. The Bertz CT molecular complexity index is 839. The zero-order valence-electron chi connectivity index (χ0n) is 16.9. The summed E-state index contributed by atoms with van der Waals surface area (Å²) in [5, 5.41) is 8.19. The van der Waals surface area contributed by atoms with Crippen molar-refractivity contribution in [3.05, 3.63) is 24.3 Å². The van der Waals surface area contributed by atoms with E-state index in [1.807, 2.05) is 0 Å². The van der Waals surface area contributed by atoms with Crippen molar-refractivity contribution in [3.8, 4) is 0 Å². The minimum atomic E-state index is -4.66. The largest absolute Gasteiger partial charge is 0.402 e. The zero-order chi connectivity index (χ0) is 22.9. The maximum Gasteiger partial charge on any atom is 0.402 e. The Hall–Kier alpha value is -2.34. The van der Waals surface area contributed by atoms with Gasteiger partial charge in [0.25, 0.3) is 0 Å². The van der Waals surface area contributed by atoms with Gasteiger partial charge in [0.1, 0.15) is 6.54 Å². The molecule has 4 N–H and O–H groups in total. The summed E-state index contributed by atoms with van der Waals surface area (Å²) in [6.07, 6.45) is 1.27. The molecule has 12 heteroatoms. The van der Waals surface area contributed by atoms with E-state index in [1.54, 1.807) is 0 Å². The van der Waals surface area contributed by atoms with Crippen LogP contribution in [0.1, 0.15) is 44.9 Å². The minimum absolute atomic E-state index is 0.136. The highest BCUT2D eigenvalue weighted by atomic mass is 32.2. The third kappa shape index (κ3) is 9.55. The van der Waals surface area contributed by atoms with Crippen LogP contribution in [0, 0.1) is 0 Å². The zero-order valence-corrected chi connectivity index (χ0v) is 17.7. The van der Waals surface area contributed by atoms with E-state index in [0.717, 1.165) is 37.8 Å². The maximum atomic E-state index is 12.2. The topological polar surface area (TPSA) is 116 Å². The summed E-state index contributed by atoms with van der Waals surface area (Å²) in [4.78, 5) is 23.5. The molecule has 31 heavy (non-hydrogen) atoms. The van der Waals surface area contributed by atoms with Gasteiger partial charge < -0.3 is 16.0 Å². The third-order valence-electron chi connectivity index (χ3n) is 4.72. The van der Waals surface area contributed by atoms with Crippen LogP contribution in [-0.2, 0) is 14.8 Å². The van der Waals surface area contributed by atoms with Crippen molar-refractivity contribution in [3.63, 3.8) is 0 Å². The van der Waals surface area contributed by atoms with Crippen molar-refractivity contribution in [1.29, 1.82) is 0 Å². The number of rotatable bonds is 9. The van der Waals surface area contributed by atoms with E-state index in [0.29, 0.717) is 18.7 Å². The average molecular weight is 465 g/mol. The van der Waals surface area contributed by atoms with Crippen molar-refractivity contribution in [2.45, 2.75) is 62.1 Å². The van der Waals surface area contributed by atoms with Gasteiger partial charge in [-0.05, 0) is 43.5 Å². The van der Waals surface area contributed by atoms with Crippen LogP contribution < -0.4 is 20.7 Å². The predicted molar refractivity (Wildman–Crippen MR) is 109 cm³/mol. The monoisotopic (exact) mass is 464 g/mol. The lowest BCUT2D eigenvalue weighted by molar-refractivity contribution is -0.121. The van der Waals surface area contributed by atoms with Gasteiger partial charge in [-0.3, -0.25) is 4.79 Å². The number of nitrogens with one attached hydrogen (secondary N) is 4. The molecular weight excluding hydrogens is 437 g/mol. The van der Waals surface area contributed by atoms with Gasteiger partial charge in [-0.15, -0.1) is 0 Å². The number of carbonyl (C=O) groups is 2. The Morgan fingerprint density at radius 2 is 1.68 bits per heavy atom. The SMILES string of the molecule is O=C(CCCNC(=O)NC1CCCCC1)Nc1ccc(S(=O)(=O)NCC(F)(F)F)cc1. The fourth-order valence-corrected chi connectivity index (χ4v) is 4.15. The lowest BCUT2D eigenvalue weighted by Crippen LogP contribution is -2.43. The molecule has 0 atom stereocenters. The molecule has 1 fully saturated rings. The van der Waals surface area contributed by atoms with E-state index in [1.165, 1.54) is 23.3 Å². The highest BCUT2D eigenvalue weighted by Gasteiger charge is 2.30. The number of sulfonamides is 1. The van der Waals surface area contributed by atoms with Crippen LogP contribution in [-0.4, -0.2) is 45.7 Å². The summed E-state index contributed by atoms with van der Waals surface area (Å²) in [5.74, 6) is -0.333. The molecule has 1 saturated carbocycles. The molecule has 1 aromatic carbocycles. The number of hydrogen-bond donors (Lipinski definition) is 4. The molecule has 0 saturated heterocycles. The van der Waals surface area contributed by atoms with Gasteiger partial charge in [-0.2, -0.15) is 13.2 Å². The lowest BCUT2D eigenvalue weighted by atomic mass is 9.96. The summed E-state index contributed by atoms with van der Waals surface area (Å²) in [6, 6.07) is 4.73. The fourth-order valence-electron chi connectivity index (χ4n) is 3.14. The van der Waals surface area contributed by atoms with Crippen LogP contribution in [0.4, 0.5) is 23.7 Å². The normalized spacial score (nSPS) is 15.3. The number of benzene rings is 1. The van der Waals surface area contributed by atoms with Crippen molar-refractivity contribution in [1.82, 2.24) is 15.4 Å². The first-order valence-electron chi connectivity index (χ1n) is 10.1. The third-order valence-corrected chi connectivity index (χ3v) is 6.13. The van der Waals surface area contributed by atoms with E-state index in [-0.39, 0.29) is 29.3 Å². The van der Waals surface area contributed by atoms with Crippen LogP contribution in [0.25, 0.3) is 0 Å². The highest BCUT2D eigenvalue weighted by molar-refractivity contribution is 7.89. The van der Waals surface area contributed by atoms with E-state index in [9.17, 15) is 31.2 Å². The van der Waals surface area contributed by atoms with Gasteiger partial charge in [0, 0.05) is 24.7 Å². The lowest BCUT2D eigenvalue weighted by Gasteiger charge is -2.22. The quantitative estimate of drug-likeness (QED) is 0.421. The molecule has 174 valence electrons. The van der Waals surface area contributed by atoms with Gasteiger partial charge in [0.15, 0.2) is 0 Å². The number of hydrogen-bond acceptors (Lipinski definition) is 4. The van der Waals surface area contributed by atoms with Crippen LogP contribution in [0.15, 0.2) is 29.2 Å². The van der Waals surface area contributed by atoms with Crippen LogP contribution >= 0.6 is 0 Å². The van der Waals surface area contributed by atoms with E-state index >= 15 is 0 Å². The molecule has 1 aliphatic rings. The first-order chi connectivity index (χ1) is 14.5. The molecule has 0 spiro atoms. The Balaban J connectivity index is 1.69. The molecule has 0 heterocycles. The number of amides is 3. The predicted octanol–water partition coefficient (Wildman–Crippen LogP) is 2.88. The van der Waals surface area contributed by atoms with Crippen molar-refractivity contribution >= 4 is 27.6 Å². The molecule has 0 aliphatic heterocycles. The number of urea groups is 1. The molecule has 1 aromatic rings. The smallest absolute Gasteiger partial charge is 0.338 e. The molecule has 1 aliphatic carbocycles. The van der Waals surface area contributed by atoms with Gasteiger partial charge in [0.2, 0.25) is 15.9 Å². The molecule has 0 bridgehead atoms. The van der Waals surface area contributed by atoms with E-state index in [4.69, 9.17) is 0 Å². The van der Waals surface area contributed by atoms with Gasteiger partial charge in [0.05, 0.1) is 4.90 Å². The number of anilines is 1. The molecule has 0 aromatic heterocycles. The summed E-state index contributed by atoms with van der Waals surface area (Å²) in [6.45, 7) is -1.34. The minimum Gasteiger partial charge on any atom is -0.338 e. The summed E-state index contributed by atoms with van der Waals surface area (Å²) in [7, 11) is -4.30. The van der Waals surface area contributed by atoms with Gasteiger partial charge in [-0.25, -0.2) is 17.9 Å². The highest BCUT2D eigenvalue weighted by Crippen LogP contribution is 2.18. The van der Waals surface area contributed by atoms with Crippen LogP contribution in [0.2, 0.25) is 0 Å². The first kappa shape index (κ1) is 24.9. The number of carbonyl (C=O) groups excluding carboxylic acids is 2. The van der Waals surface area contributed by atoms with Gasteiger partial charge >= 0.3 is 12.2 Å². The van der Waals surface area contributed by atoms with Crippen molar-refractivity contribution in [2.24, 2.45) is 0 Å². The maximum absolute atomic E-state index is 12.2. The van der Waals surface area contributed by atoms with Gasteiger partial charge in [-0.1, -0.05) is 19.3 Å². The Kier molecular flexibility index (Phi) is 9.11. The van der Waals surface area contributed by atoms with Crippen molar-refractivity contribution in [2.75, 3.05) is 18.4 Å². The Morgan fingerprint density at radius 1 is 1.03 bits per heavy atom.